The van der Waals surface area contributed by atoms with Crippen LogP contribution in [-0.2, 0) is 51.2 Å². The molecule has 2 aliphatic heterocycles. The summed E-state index contributed by atoms with van der Waals surface area (Å²) in [7, 11) is 5.59. The van der Waals surface area contributed by atoms with Gasteiger partial charge in [-0.05, 0) is 76.9 Å². The molecule has 0 spiro atoms. The highest BCUT2D eigenvalue weighted by atomic mass is 16.6. The van der Waals surface area contributed by atoms with Crippen molar-refractivity contribution in [3.05, 3.63) is 142 Å². The zero-order chi connectivity index (χ0) is 57.6. The van der Waals surface area contributed by atoms with Gasteiger partial charge in [0.05, 0.1) is 58.7 Å². The maximum Gasteiger partial charge on any atom is 0.411 e. The molecule has 0 aliphatic carbocycles. The number of hydrogen-bond donors (Lipinski definition) is 2. The number of carbonyl (C=O) groups excluding carboxylic acids is 6. The van der Waals surface area contributed by atoms with E-state index in [1.807, 2.05) is 60.7 Å². The van der Waals surface area contributed by atoms with Gasteiger partial charge in [-0.15, -0.1) is 0 Å². The number of aromatic nitrogens is 2. The zero-order valence-corrected chi connectivity index (χ0v) is 45.8. The lowest BCUT2D eigenvalue weighted by molar-refractivity contribution is -0.150. The Morgan fingerprint density at radius 2 is 1.12 bits per heavy atom. The number of pyridine rings is 2. The summed E-state index contributed by atoms with van der Waals surface area (Å²) in [6, 6.07) is 29.7. The average Bonchev–Trinajstić information content (AvgIpc) is 4.14. The molecule has 8 rings (SSSR count). The number of ether oxygens (including phenoxy) is 9. The molecule has 2 aliphatic rings. The first kappa shape index (κ1) is 62.1. The Morgan fingerprint density at radius 1 is 0.625 bits per heavy atom. The number of aliphatic hydroxyl groups excluding tert-OH is 1. The van der Waals surface area contributed by atoms with E-state index in [0.717, 1.165) is 11.1 Å². The van der Waals surface area contributed by atoms with Crippen molar-refractivity contribution in [2.75, 3.05) is 41.5 Å². The van der Waals surface area contributed by atoms with E-state index in [0.29, 0.717) is 39.1 Å². The maximum absolute atomic E-state index is 13.2. The maximum atomic E-state index is 13.2. The van der Waals surface area contributed by atoms with Crippen molar-refractivity contribution >= 4 is 57.9 Å². The molecule has 2 amide bonds. The van der Waals surface area contributed by atoms with Gasteiger partial charge in [0.1, 0.15) is 65.5 Å². The minimum atomic E-state index is -0.915. The van der Waals surface area contributed by atoms with Crippen LogP contribution in [0, 0.1) is 0 Å². The molecule has 428 valence electrons. The van der Waals surface area contributed by atoms with Crippen LogP contribution in [0.5, 0.6) is 17.2 Å². The standard InChI is InChI=1S/C29H32N2O8.C17H23NO5.C12H11NO4.CH4/c1-29(2,3)39-28(34)31-16-20(14-24(31)27(33)37-17-18-9-7-6-8-10-18)38-25-15-23(26(32)36-5)30-22-13-19(35-4)11-12-21(22)25;1-17(2,3)23-16(21)18-10-13(19)9-14(18)15(20)22-11-12-7-5-4-6-8-12;1-16-7-3-4-8-9(5-7)13-10(6-11(8)14)12(15)17-2;/h6-13,15,20,24H,14,16-17H2,1-5H3;4-8,13-14,19H,9-11H2,1-3H3;3-6H,1-2H3,(H,13,14);1H4/t20-,24+;13-,14-;;/m10../s1. The third kappa shape index (κ3) is 17.1. The topological polar surface area (TPSA) is 258 Å². The fourth-order valence-corrected chi connectivity index (χ4v) is 8.21. The number of fused-ring (bicyclic) bond motifs is 2. The van der Waals surface area contributed by atoms with E-state index in [2.05, 4.69) is 14.7 Å². The second kappa shape index (κ2) is 27.7. The molecule has 4 heterocycles. The molecular weight excluding hydrogens is 1040 g/mol. The molecule has 0 bridgehead atoms. The molecule has 0 saturated carbocycles. The SMILES string of the molecule is C.CC(C)(C)OC(=O)N1C[C@@H](O)C[C@H]1C(=O)OCc1ccccc1.COC(=O)c1cc(=O)c2ccc(OC)cc2[nH]1.COC(=O)c1cc(O[C@@H]2C[C@@H](C(=O)OCc3ccccc3)N(C(=O)OC(C)(C)C)C2)c2ccc(OC)cc2n1. The molecule has 21 heteroatoms. The van der Waals surface area contributed by atoms with Crippen LogP contribution in [-0.4, -0.2) is 138 Å². The summed E-state index contributed by atoms with van der Waals surface area (Å²) in [5.74, 6) is -0.779. The fourth-order valence-electron chi connectivity index (χ4n) is 8.21. The van der Waals surface area contributed by atoms with Crippen LogP contribution in [0.1, 0.15) is 93.9 Å². The lowest BCUT2D eigenvalue weighted by Crippen LogP contribution is -2.44. The van der Waals surface area contributed by atoms with E-state index >= 15 is 0 Å². The van der Waals surface area contributed by atoms with Gasteiger partial charge in [-0.2, -0.15) is 0 Å². The van der Waals surface area contributed by atoms with Gasteiger partial charge in [0.25, 0.3) is 0 Å². The number of aliphatic hydroxyl groups is 1. The van der Waals surface area contributed by atoms with Crippen LogP contribution < -0.4 is 19.6 Å². The van der Waals surface area contributed by atoms with Crippen LogP contribution >= 0.6 is 0 Å². The highest BCUT2D eigenvalue weighted by Gasteiger charge is 2.44. The molecule has 2 aromatic heterocycles. The predicted molar refractivity (Wildman–Crippen MR) is 294 cm³/mol. The number of amides is 2. The Labute approximate surface area is 463 Å². The molecule has 80 heavy (non-hydrogen) atoms. The molecule has 6 aromatic rings. The van der Waals surface area contributed by atoms with Crippen LogP contribution in [0.3, 0.4) is 0 Å². The van der Waals surface area contributed by atoms with Crippen LogP contribution in [0.25, 0.3) is 21.8 Å². The summed E-state index contributed by atoms with van der Waals surface area (Å²) < 4.78 is 47.7. The number of likely N-dealkylation sites (tertiary alicyclic amines) is 2. The first-order chi connectivity index (χ1) is 37.5. The lowest BCUT2D eigenvalue weighted by Gasteiger charge is -2.27. The third-order valence-electron chi connectivity index (χ3n) is 11.9. The van der Waals surface area contributed by atoms with Gasteiger partial charge in [0.15, 0.2) is 11.1 Å². The minimum absolute atomic E-state index is 0. The fraction of sp³-hybridized carbons (Fsp3) is 0.390. The summed E-state index contributed by atoms with van der Waals surface area (Å²) in [6.45, 7) is 10.9. The van der Waals surface area contributed by atoms with E-state index in [1.165, 1.54) is 50.4 Å². The Hall–Kier alpha value is -8.72. The van der Waals surface area contributed by atoms with Crippen LogP contribution in [0.15, 0.2) is 114 Å². The number of rotatable bonds is 12. The summed E-state index contributed by atoms with van der Waals surface area (Å²) in [4.78, 5) is 95.8. The number of nitrogens with zero attached hydrogens (tertiary/aromatic N) is 3. The smallest absolute Gasteiger partial charge is 0.411 e. The summed E-state index contributed by atoms with van der Waals surface area (Å²) >= 11 is 0. The van der Waals surface area contributed by atoms with Gasteiger partial charge < -0.3 is 52.7 Å². The molecule has 0 radical (unpaired) electrons. The molecule has 4 atom stereocenters. The first-order valence-corrected chi connectivity index (χ1v) is 25.1. The number of methoxy groups -OCH3 is 4. The largest absolute Gasteiger partial charge is 0.497 e. The second-order valence-electron chi connectivity index (χ2n) is 20.2. The molecule has 4 aromatic carbocycles. The van der Waals surface area contributed by atoms with E-state index < -0.39 is 71.6 Å². The molecular formula is C59H70N4O17. The Kier molecular flexibility index (Phi) is 21.5. The normalized spacial score (nSPS) is 16.5. The molecule has 2 N–H and O–H groups in total. The monoisotopic (exact) mass is 1110 g/mol. The van der Waals surface area contributed by atoms with Crippen molar-refractivity contribution in [2.45, 2.75) is 111 Å². The Morgan fingerprint density at radius 3 is 1.64 bits per heavy atom. The van der Waals surface area contributed by atoms with E-state index in [4.69, 9.17) is 37.9 Å². The summed E-state index contributed by atoms with van der Waals surface area (Å²) in [5, 5.41) is 10.9. The summed E-state index contributed by atoms with van der Waals surface area (Å²) in [6.07, 6.45) is -2.28. The van der Waals surface area contributed by atoms with Crippen molar-refractivity contribution in [3.63, 3.8) is 0 Å². The third-order valence-corrected chi connectivity index (χ3v) is 11.9. The van der Waals surface area contributed by atoms with Gasteiger partial charge >= 0.3 is 36.1 Å². The van der Waals surface area contributed by atoms with Crippen molar-refractivity contribution in [1.29, 1.82) is 0 Å². The Bertz CT molecular complexity index is 3170. The van der Waals surface area contributed by atoms with Crippen molar-refractivity contribution < 1.29 is 76.5 Å². The molecule has 2 saturated heterocycles. The van der Waals surface area contributed by atoms with Gasteiger partial charge in [-0.25, -0.2) is 33.8 Å². The number of β-amino-alcohol motifs (C(OH)–C–C–N with tert-alkyl or cyclic N) is 1. The highest BCUT2D eigenvalue weighted by molar-refractivity contribution is 5.95. The molecule has 21 nitrogen and oxygen atoms in total. The quantitative estimate of drug-likeness (QED) is 0.0858. The number of carbonyl (C=O) groups is 6. The van der Waals surface area contributed by atoms with E-state index in [-0.39, 0.29) is 63.4 Å². The number of hydrogen-bond acceptors (Lipinski definition) is 18. The van der Waals surface area contributed by atoms with E-state index in [9.17, 15) is 38.7 Å². The zero-order valence-electron chi connectivity index (χ0n) is 45.8. The number of nitrogens with one attached hydrogen (secondary N) is 1. The van der Waals surface area contributed by atoms with Crippen molar-refractivity contribution in [2.24, 2.45) is 0 Å². The van der Waals surface area contributed by atoms with Gasteiger partial charge in [0.2, 0.25) is 0 Å². The minimum Gasteiger partial charge on any atom is -0.497 e. The molecule has 0 unspecified atom stereocenters. The van der Waals surface area contributed by atoms with Crippen LogP contribution in [0.2, 0.25) is 0 Å². The van der Waals surface area contributed by atoms with Gasteiger partial charge in [-0.3, -0.25) is 14.6 Å². The molecule has 2 fully saturated rings. The second-order valence-corrected chi connectivity index (χ2v) is 20.2. The number of aromatic amines is 1. The average molecular weight is 1110 g/mol. The summed E-state index contributed by atoms with van der Waals surface area (Å²) in [5.41, 5.74) is 1.21. The number of H-pyrrole nitrogens is 1. The predicted octanol–water partition coefficient (Wildman–Crippen LogP) is 8.59. The number of benzene rings is 4. The van der Waals surface area contributed by atoms with Crippen LogP contribution in [0.4, 0.5) is 9.59 Å². The van der Waals surface area contributed by atoms with Gasteiger partial charge in [0, 0.05) is 47.9 Å². The van der Waals surface area contributed by atoms with Crippen molar-refractivity contribution in [3.8, 4) is 17.2 Å². The highest BCUT2D eigenvalue weighted by Crippen LogP contribution is 2.33. The Balaban J connectivity index is 0.000000242. The van der Waals surface area contributed by atoms with Crippen molar-refractivity contribution in [1.82, 2.24) is 19.8 Å². The first-order valence-electron chi connectivity index (χ1n) is 25.1. The number of esters is 4. The van der Waals surface area contributed by atoms with Gasteiger partial charge in [-0.1, -0.05) is 68.1 Å². The lowest BCUT2D eigenvalue weighted by atomic mass is 10.1. The van der Waals surface area contributed by atoms with E-state index in [1.54, 1.807) is 77.9 Å².